The molecule has 0 atom stereocenters. The Morgan fingerprint density at radius 1 is 1.39 bits per heavy atom. The summed E-state index contributed by atoms with van der Waals surface area (Å²) in [4.78, 5) is 17.4. The van der Waals surface area contributed by atoms with Crippen molar-refractivity contribution in [1.29, 1.82) is 0 Å². The lowest BCUT2D eigenvalue weighted by atomic mass is 10.0. The average molecular weight is 249 g/mol. The van der Waals surface area contributed by atoms with E-state index in [2.05, 4.69) is 24.1 Å². The van der Waals surface area contributed by atoms with Gasteiger partial charge in [-0.25, -0.2) is 0 Å². The summed E-state index contributed by atoms with van der Waals surface area (Å²) in [5, 5.41) is 3.37. The number of amides is 1. The molecule has 1 heterocycles. The first-order valence-corrected chi connectivity index (χ1v) is 6.50. The van der Waals surface area contributed by atoms with Crippen LogP contribution in [0.4, 0.5) is 5.69 Å². The summed E-state index contributed by atoms with van der Waals surface area (Å²) in [5.74, 6) is 0.604. The molecule has 4 heteroatoms. The smallest absolute Gasteiger partial charge is 0.272 e. The maximum absolute atomic E-state index is 11.8. The van der Waals surface area contributed by atoms with Gasteiger partial charge in [-0.15, -0.1) is 0 Å². The van der Waals surface area contributed by atoms with Gasteiger partial charge in [-0.2, -0.15) is 0 Å². The quantitative estimate of drug-likeness (QED) is 0.843. The van der Waals surface area contributed by atoms with Gasteiger partial charge in [-0.3, -0.25) is 9.78 Å². The van der Waals surface area contributed by atoms with E-state index in [9.17, 15) is 4.79 Å². The lowest BCUT2D eigenvalue weighted by Gasteiger charge is -2.15. The van der Waals surface area contributed by atoms with E-state index in [4.69, 9.17) is 0 Å². The molecule has 0 radical (unpaired) electrons. The molecule has 0 aliphatic rings. The normalized spacial score (nSPS) is 10.5. The van der Waals surface area contributed by atoms with Crippen molar-refractivity contribution in [2.75, 3.05) is 26.0 Å². The number of pyridine rings is 1. The number of anilines is 1. The number of nitrogens with zero attached hydrogens (tertiary/aromatic N) is 2. The van der Waals surface area contributed by atoms with Crippen molar-refractivity contribution in [1.82, 2.24) is 9.88 Å². The van der Waals surface area contributed by atoms with Crippen LogP contribution in [0.5, 0.6) is 0 Å². The molecule has 0 unspecified atom stereocenters. The molecule has 0 saturated carbocycles. The molecule has 1 amide bonds. The zero-order chi connectivity index (χ0) is 13.5. The van der Waals surface area contributed by atoms with Gasteiger partial charge in [0.15, 0.2) is 0 Å². The van der Waals surface area contributed by atoms with Crippen LogP contribution in [0, 0.1) is 5.92 Å². The van der Waals surface area contributed by atoms with Gasteiger partial charge in [0.2, 0.25) is 0 Å². The molecule has 0 fully saturated rings. The SMILES string of the molecule is CCC(CC)CNc1ccnc(C(=O)N(C)C)c1. The number of carbonyl (C=O) groups excluding carboxylic acids is 1. The number of carbonyl (C=O) groups is 1. The van der Waals surface area contributed by atoms with Gasteiger partial charge in [0.25, 0.3) is 5.91 Å². The van der Waals surface area contributed by atoms with Crippen molar-refractivity contribution in [3.8, 4) is 0 Å². The molecule has 0 aliphatic heterocycles. The van der Waals surface area contributed by atoms with Crippen molar-refractivity contribution in [2.45, 2.75) is 26.7 Å². The first kappa shape index (κ1) is 14.5. The lowest BCUT2D eigenvalue weighted by Crippen LogP contribution is -2.23. The highest BCUT2D eigenvalue weighted by Crippen LogP contribution is 2.12. The van der Waals surface area contributed by atoms with Crippen LogP contribution < -0.4 is 5.32 Å². The van der Waals surface area contributed by atoms with Crippen LogP contribution in [0.25, 0.3) is 0 Å². The Morgan fingerprint density at radius 3 is 2.61 bits per heavy atom. The molecule has 1 aromatic rings. The number of hydrogen-bond acceptors (Lipinski definition) is 3. The van der Waals surface area contributed by atoms with Crippen LogP contribution in [0.15, 0.2) is 18.3 Å². The highest BCUT2D eigenvalue weighted by Gasteiger charge is 2.10. The zero-order valence-corrected chi connectivity index (χ0v) is 11.7. The van der Waals surface area contributed by atoms with Gasteiger partial charge in [-0.1, -0.05) is 26.7 Å². The molecule has 18 heavy (non-hydrogen) atoms. The summed E-state index contributed by atoms with van der Waals surface area (Å²) in [6.07, 6.45) is 4.00. The molecule has 0 bridgehead atoms. The fourth-order valence-corrected chi connectivity index (χ4v) is 1.73. The Balaban J connectivity index is 2.68. The minimum atomic E-state index is -0.0683. The predicted molar refractivity (Wildman–Crippen MR) is 74.8 cm³/mol. The molecule has 100 valence electrons. The van der Waals surface area contributed by atoms with Crippen LogP contribution in [0.2, 0.25) is 0 Å². The lowest BCUT2D eigenvalue weighted by molar-refractivity contribution is 0.0822. The molecule has 0 spiro atoms. The Kier molecular flexibility index (Phi) is 5.62. The predicted octanol–water partition coefficient (Wildman–Crippen LogP) is 2.63. The molecule has 1 N–H and O–H groups in total. The third-order valence-electron chi connectivity index (χ3n) is 3.13. The van der Waals surface area contributed by atoms with E-state index in [0.29, 0.717) is 11.6 Å². The minimum Gasteiger partial charge on any atom is -0.385 e. The van der Waals surface area contributed by atoms with Gasteiger partial charge in [0.1, 0.15) is 5.69 Å². The number of aromatic nitrogens is 1. The van der Waals surface area contributed by atoms with Crippen molar-refractivity contribution in [3.63, 3.8) is 0 Å². The standard InChI is InChI=1S/C14H23N3O/c1-5-11(6-2)10-16-12-7-8-15-13(9-12)14(18)17(3)4/h7-9,11H,5-6,10H2,1-4H3,(H,15,16). The Morgan fingerprint density at radius 2 is 2.06 bits per heavy atom. The molecule has 0 aliphatic carbocycles. The van der Waals surface area contributed by atoms with Crippen molar-refractivity contribution in [2.24, 2.45) is 5.92 Å². The molecular weight excluding hydrogens is 226 g/mol. The maximum atomic E-state index is 11.8. The summed E-state index contributed by atoms with van der Waals surface area (Å²) in [6.45, 7) is 5.33. The second-order valence-electron chi connectivity index (χ2n) is 4.69. The molecular formula is C14H23N3O. The van der Waals surface area contributed by atoms with Gasteiger partial charge in [0.05, 0.1) is 0 Å². The maximum Gasteiger partial charge on any atom is 0.272 e. The largest absolute Gasteiger partial charge is 0.385 e. The summed E-state index contributed by atoms with van der Waals surface area (Å²) in [6, 6.07) is 3.71. The Labute approximate surface area is 109 Å². The zero-order valence-electron chi connectivity index (χ0n) is 11.7. The fraction of sp³-hybridized carbons (Fsp3) is 0.571. The van der Waals surface area contributed by atoms with Crippen LogP contribution in [-0.2, 0) is 0 Å². The minimum absolute atomic E-state index is 0.0683. The van der Waals surface area contributed by atoms with Gasteiger partial charge < -0.3 is 10.2 Å². The third kappa shape index (κ3) is 4.02. The van der Waals surface area contributed by atoms with Crippen LogP contribution >= 0.6 is 0 Å². The second kappa shape index (κ2) is 6.99. The van der Waals surface area contributed by atoms with Crippen molar-refractivity contribution >= 4 is 11.6 Å². The molecule has 1 aromatic heterocycles. The summed E-state index contributed by atoms with van der Waals surface area (Å²) in [5.41, 5.74) is 1.44. The topological polar surface area (TPSA) is 45.2 Å². The van der Waals surface area contributed by atoms with Crippen molar-refractivity contribution in [3.05, 3.63) is 24.0 Å². The van der Waals surface area contributed by atoms with E-state index in [-0.39, 0.29) is 5.91 Å². The van der Waals surface area contributed by atoms with Crippen molar-refractivity contribution < 1.29 is 4.79 Å². The van der Waals surface area contributed by atoms with Crippen LogP contribution in [0.1, 0.15) is 37.2 Å². The average Bonchev–Trinajstić information content (AvgIpc) is 2.39. The summed E-state index contributed by atoms with van der Waals surface area (Å²) < 4.78 is 0. The van der Waals surface area contributed by atoms with E-state index >= 15 is 0 Å². The van der Waals surface area contributed by atoms with Crippen LogP contribution in [-0.4, -0.2) is 36.4 Å². The molecule has 0 aromatic carbocycles. The van der Waals surface area contributed by atoms with Gasteiger partial charge in [-0.05, 0) is 18.1 Å². The van der Waals surface area contributed by atoms with E-state index in [1.54, 1.807) is 20.3 Å². The first-order chi connectivity index (χ1) is 8.58. The fourth-order valence-electron chi connectivity index (χ4n) is 1.73. The van der Waals surface area contributed by atoms with Gasteiger partial charge in [0, 0.05) is 32.5 Å². The number of nitrogens with one attached hydrogen (secondary N) is 1. The molecule has 1 rings (SSSR count). The number of hydrogen-bond donors (Lipinski definition) is 1. The summed E-state index contributed by atoms with van der Waals surface area (Å²) in [7, 11) is 3.46. The Hall–Kier alpha value is -1.58. The Bertz CT molecular complexity index is 386. The highest BCUT2D eigenvalue weighted by molar-refractivity contribution is 5.92. The van der Waals surface area contributed by atoms with E-state index in [1.807, 2.05) is 12.1 Å². The van der Waals surface area contributed by atoms with Crippen LogP contribution in [0.3, 0.4) is 0 Å². The monoisotopic (exact) mass is 249 g/mol. The molecule has 4 nitrogen and oxygen atoms in total. The highest BCUT2D eigenvalue weighted by atomic mass is 16.2. The number of rotatable bonds is 6. The second-order valence-corrected chi connectivity index (χ2v) is 4.69. The molecule has 0 saturated heterocycles. The van der Waals surface area contributed by atoms with E-state index < -0.39 is 0 Å². The van der Waals surface area contributed by atoms with E-state index in [0.717, 1.165) is 25.1 Å². The first-order valence-electron chi connectivity index (χ1n) is 6.50. The third-order valence-corrected chi connectivity index (χ3v) is 3.13. The van der Waals surface area contributed by atoms with Gasteiger partial charge >= 0.3 is 0 Å². The summed E-state index contributed by atoms with van der Waals surface area (Å²) >= 11 is 0. The van der Waals surface area contributed by atoms with E-state index in [1.165, 1.54) is 4.90 Å².